The molecule has 0 fully saturated rings. The molecule has 3 aromatic heterocycles. The molecule has 1 aliphatic carbocycles. The summed E-state index contributed by atoms with van der Waals surface area (Å²) in [5.74, 6) is 0.752. The predicted molar refractivity (Wildman–Crippen MR) is 147 cm³/mol. The second kappa shape index (κ2) is 10.7. The summed E-state index contributed by atoms with van der Waals surface area (Å²) >= 11 is 0. The highest BCUT2D eigenvalue weighted by Gasteiger charge is 2.24. The lowest BCUT2D eigenvalue weighted by Crippen LogP contribution is -2.36. The van der Waals surface area contributed by atoms with Crippen LogP contribution >= 0.6 is 0 Å². The number of hydrogen-bond acceptors (Lipinski definition) is 8. The molecule has 6 bridgehead atoms. The van der Waals surface area contributed by atoms with Gasteiger partial charge < -0.3 is 16.2 Å². The van der Waals surface area contributed by atoms with Gasteiger partial charge in [-0.3, -0.25) is 14.4 Å². The first-order valence-corrected chi connectivity index (χ1v) is 13.1. The molecular weight excluding hydrogens is 494 g/mol. The molecule has 0 saturated carbocycles. The van der Waals surface area contributed by atoms with E-state index in [9.17, 15) is 4.79 Å². The van der Waals surface area contributed by atoms with E-state index in [0.29, 0.717) is 43.0 Å². The molecule has 11 nitrogen and oxygen atoms in total. The summed E-state index contributed by atoms with van der Waals surface area (Å²) in [6.45, 7) is 2.09. The number of nitrogens with two attached hydrogens (primary N) is 2. The van der Waals surface area contributed by atoms with E-state index in [0.717, 1.165) is 40.9 Å². The normalized spacial score (nSPS) is 20.3. The summed E-state index contributed by atoms with van der Waals surface area (Å²) in [6.07, 6.45) is 12.6. The highest BCUT2D eigenvalue weighted by molar-refractivity contribution is 5.77. The van der Waals surface area contributed by atoms with Crippen LogP contribution in [0.2, 0.25) is 0 Å². The lowest BCUT2D eigenvalue weighted by Gasteiger charge is -2.24. The maximum Gasteiger partial charge on any atom is 0.231 e. The second-order valence-electron chi connectivity index (χ2n) is 10.1. The highest BCUT2D eigenvalue weighted by Crippen LogP contribution is 2.33. The number of aromatic amines is 1. The van der Waals surface area contributed by atoms with Crippen LogP contribution in [0.5, 0.6) is 5.75 Å². The minimum Gasteiger partial charge on any atom is -0.486 e. The molecule has 200 valence electrons. The van der Waals surface area contributed by atoms with Gasteiger partial charge in [-0.1, -0.05) is 24.3 Å². The SMILES string of the molecule is NC(=O)CN1CCc2cccc(c2)OC2C=C(C=CC2)Cn2cc(cn2)C(c2cc(N)nc3n[nH]nc23)CC1. The quantitative estimate of drug-likeness (QED) is 0.368. The van der Waals surface area contributed by atoms with Gasteiger partial charge in [0.2, 0.25) is 11.6 Å². The lowest BCUT2D eigenvalue weighted by molar-refractivity contribution is -0.119. The second-order valence-corrected chi connectivity index (χ2v) is 10.1. The van der Waals surface area contributed by atoms with Crippen molar-refractivity contribution < 1.29 is 9.53 Å². The number of pyridine rings is 1. The number of nitrogens with zero attached hydrogens (tertiary/aromatic N) is 6. The first-order valence-electron chi connectivity index (χ1n) is 13.1. The van der Waals surface area contributed by atoms with Crippen molar-refractivity contribution in [2.75, 3.05) is 25.4 Å². The molecule has 2 aliphatic rings. The summed E-state index contributed by atoms with van der Waals surface area (Å²) in [5.41, 5.74) is 17.2. The predicted octanol–water partition coefficient (Wildman–Crippen LogP) is 2.33. The molecule has 0 radical (unpaired) electrons. The Bertz CT molecular complexity index is 1550. The Balaban J connectivity index is 1.39. The van der Waals surface area contributed by atoms with Gasteiger partial charge in [0.05, 0.1) is 19.3 Å². The molecule has 0 saturated heterocycles. The number of aromatic nitrogens is 6. The number of primary amides is 1. The highest BCUT2D eigenvalue weighted by atomic mass is 16.5. The molecule has 4 heterocycles. The van der Waals surface area contributed by atoms with E-state index in [1.165, 1.54) is 0 Å². The zero-order valence-electron chi connectivity index (χ0n) is 21.5. The molecule has 4 aromatic rings. The van der Waals surface area contributed by atoms with Crippen molar-refractivity contribution in [3.05, 3.63) is 83.2 Å². The average Bonchev–Trinajstić information content (AvgIpc) is 3.56. The number of carbonyl (C=O) groups is 1. The number of anilines is 1. The number of fused-ring (bicyclic) bond motifs is 6. The average molecular weight is 526 g/mol. The molecule has 2 unspecified atom stereocenters. The smallest absolute Gasteiger partial charge is 0.231 e. The molecule has 5 N–H and O–H groups in total. The molecule has 11 heteroatoms. The topological polar surface area (TPSA) is 154 Å². The molecule has 39 heavy (non-hydrogen) atoms. The van der Waals surface area contributed by atoms with Crippen LogP contribution in [0.1, 0.15) is 35.4 Å². The van der Waals surface area contributed by atoms with Gasteiger partial charge in [0.1, 0.15) is 23.2 Å². The van der Waals surface area contributed by atoms with Gasteiger partial charge in [-0.2, -0.15) is 15.4 Å². The van der Waals surface area contributed by atoms with Crippen LogP contribution < -0.4 is 16.2 Å². The Kier molecular flexibility index (Phi) is 6.80. The Morgan fingerprint density at radius 3 is 3.03 bits per heavy atom. The van der Waals surface area contributed by atoms with Gasteiger partial charge in [-0.15, -0.1) is 5.10 Å². The van der Waals surface area contributed by atoms with Crippen molar-refractivity contribution >= 4 is 22.9 Å². The first-order chi connectivity index (χ1) is 19.0. The third kappa shape index (κ3) is 5.68. The zero-order valence-corrected chi connectivity index (χ0v) is 21.5. The van der Waals surface area contributed by atoms with Crippen molar-refractivity contribution in [2.45, 2.75) is 37.8 Å². The molecule has 2 atom stereocenters. The molecule has 1 aliphatic heterocycles. The fourth-order valence-corrected chi connectivity index (χ4v) is 5.42. The van der Waals surface area contributed by atoms with Crippen LogP contribution in [0.3, 0.4) is 0 Å². The Morgan fingerprint density at radius 1 is 1.21 bits per heavy atom. The minimum absolute atomic E-state index is 0.0506. The molecule has 1 amide bonds. The summed E-state index contributed by atoms with van der Waals surface area (Å²) in [7, 11) is 0. The Hall–Kier alpha value is -4.51. The van der Waals surface area contributed by atoms with Gasteiger partial charge in [-0.05, 0) is 65.9 Å². The number of amides is 1. The third-order valence-corrected chi connectivity index (χ3v) is 7.23. The van der Waals surface area contributed by atoms with E-state index in [-0.39, 0.29) is 24.5 Å². The van der Waals surface area contributed by atoms with Crippen LogP contribution in [0.4, 0.5) is 5.82 Å². The Morgan fingerprint density at radius 2 is 2.13 bits per heavy atom. The zero-order chi connectivity index (χ0) is 26.8. The fraction of sp³-hybridized carbons (Fsp3) is 0.321. The van der Waals surface area contributed by atoms with Crippen LogP contribution in [0.25, 0.3) is 11.2 Å². The number of hydrogen-bond donors (Lipinski definition) is 3. The maximum absolute atomic E-state index is 12.0. The van der Waals surface area contributed by atoms with Gasteiger partial charge in [0.25, 0.3) is 0 Å². The van der Waals surface area contributed by atoms with Gasteiger partial charge in [-0.25, -0.2) is 4.98 Å². The Labute approximate surface area is 225 Å². The van der Waals surface area contributed by atoms with E-state index in [1.807, 2.05) is 29.1 Å². The van der Waals surface area contributed by atoms with E-state index < -0.39 is 0 Å². The van der Waals surface area contributed by atoms with Crippen LogP contribution in [-0.2, 0) is 17.8 Å². The van der Waals surface area contributed by atoms with Crippen molar-refractivity contribution in [1.29, 1.82) is 0 Å². The monoisotopic (exact) mass is 525 g/mol. The number of allylic oxidation sites excluding steroid dienone is 2. The van der Waals surface area contributed by atoms with Crippen molar-refractivity contribution in [2.24, 2.45) is 5.73 Å². The number of nitrogens with one attached hydrogen (secondary N) is 1. The number of H-pyrrole nitrogens is 1. The summed E-state index contributed by atoms with van der Waals surface area (Å²) in [6, 6.07) is 10.0. The van der Waals surface area contributed by atoms with Crippen LogP contribution in [0.15, 0.2) is 66.5 Å². The van der Waals surface area contributed by atoms with Gasteiger partial charge >= 0.3 is 0 Å². The van der Waals surface area contributed by atoms with Gasteiger partial charge in [0.15, 0.2) is 0 Å². The number of nitrogen functional groups attached to an aromatic ring is 1. The molecular formula is C28H31N9O2. The molecule has 6 rings (SSSR count). The lowest BCUT2D eigenvalue weighted by atomic mass is 9.90. The number of benzene rings is 1. The van der Waals surface area contributed by atoms with Gasteiger partial charge in [0, 0.05) is 25.1 Å². The van der Waals surface area contributed by atoms with E-state index in [4.69, 9.17) is 16.2 Å². The summed E-state index contributed by atoms with van der Waals surface area (Å²) < 4.78 is 8.26. The van der Waals surface area contributed by atoms with E-state index >= 15 is 0 Å². The summed E-state index contributed by atoms with van der Waals surface area (Å²) in [4.78, 5) is 18.4. The summed E-state index contributed by atoms with van der Waals surface area (Å²) in [5, 5.41) is 15.9. The standard InChI is InChI=1S/C28H31N9O2/c29-25-13-24(27-28(32-25)34-35-33-27)23-8-10-36(17-26(30)38)9-7-18-3-1-5-21(11-18)39-22-6-2-4-19(12-22)15-37-16-20(23)14-31-37/h1-5,11-14,16,22-23H,6-10,15,17H2,(H2,30,38)(H3,29,32,33,34,35). The molecule has 1 aromatic carbocycles. The number of rotatable bonds is 3. The van der Waals surface area contributed by atoms with Crippen molar-refractivity contribution in [3.8, 4) is 5.75 Å². The third-order valence-electron chi connectivity index (χ3n) is 7.23. The minimum atomic E-state index is -0.360. The first kappa shape index (κ1) is 24.8. The van der Waals surface area contributed by atoms with Crippen molar-refractivity contribution in [1.82, 2.24) is 35.1 Å². The fourth-order valence-electron chi connectivity index (χ4n) is 5.42. The number of ether oxygens (including phenoxy) is 1. The van der Waals surface area contributed by atoms with E-state index in [1.54, 1.807) is 0 Å². The van der Waals surface area contributed by atoms with E-state index in [2.05, 4.69) is 67.0 Å². The van der Waals surface area contributed by atoms with Crippen LogP contribution in [0, 0.1) is 0 Å². The molecule has 0 spiro atoms. The number of carbonyl (C=O) groups excluding carboxylic acids is 1. The van der Waals surface area contributed by atoms with Crippen LogP contribution in [-0.4, -0.2) is 66.7 Å². The maximum atomic E-state index is 12.0. The largest absolute Gasteiger partial charge is 0.486 e. The van der Waals surface area contributed by atoms with Crippen molar-refractivity contribution in [3.63, 3.8) is 0 Å².